The van der Waals surface area contributed by atoms with Gasteiger partial charge in [-0.25, -0.2) is 9.67 Å². The maximum absolute atomic E-state index is 12.4. The minimum Gasteiger partial charge on any atom is -0.501 e. The van der Waals surface area contributed by atoms with Crippen LogP contribution in [0.15, 0.2) is 24.5 Å². The molecule has 102 valence electrons. The fourth-order valence-electron chi connectivity index (χ4n) is 2.69. The summed E-state index contributed by atoms with van der Waals surface area (Å²) in [5, 5.41) is 4.17. The van der Waals surface area contributed by atoms with Crippen molar-refractivity contribution >= 4 is 5.91 Å². The molecule has 2 aliphatic rings. The Morgan fingerprint density at radius 1 is 1.42 bits per heavy atom. The highest BCUT2D eigenvalue weighted by molar-refractivity contribution is 5.93. The molecule has 2 aliphatic heterocycles. The van der Waals surface area contributed by atoms with Crippen LogP contribution in [0.25, 0.3) is 0 Å². The minimum absolute atomic E-state index is 0.115. The van der Waals surface area contributed by atoms with Gasteiger partial charge in [-0.1, -0.05) is 0 Å². The van der Waals surface area contributed by atoms with E-state index < -0.39 is 0 Å². The number of carbonyl (C=O) groups is 1. The van der Waals surface area contributed by atoms with Crippen LogP contribution < -0.4 is 0 Å². The summed E-state index contributed by atoms with van der Waals surface area (Å²) < 4.78 is 7.11. The third-order valence-corrected chi connectivity index (χ3v) is 3.70. The molecule has 0 radical (unpaired) electrons. The van der Waals surface area contributed by atoms with Gasteiger partial charge in [-0.15, -0.1) is 0 Å². The molecule has 19 heavy (non-hydrogen) atoms. The highest BCUT2D eigenvalue weighted by Crippen LogP contribution is 2.23. The van der Waals surface area contributed by atoms with E-state index in [1.54, 1.807) is 12.6 Å². The lowest BCUT2D eigenvalue weighted by atomic mass is 10.0. The van der Waals surface area contributed by atoms with Gasteiger partial charge in [0.2, 0.25) is 0 Å². The van der Waals surface area contributed by atoms with E-state index >= 15 is 0 Å². The number of piperidine rings is 1. The second-order valence-corrected chi connectivity index (χ2v) is 5.04. The van der Waals surface area contributed by atoms with E-state index in [1.165, 1.54) is 6.33 Å². The first kappa shape index (κ1) is 12.2. The Hall–Kier alpha value is -1.85. The number of hydrogen-bond acceptors (Lipinski definition) is 4. The monoisotopic (exact) mass is 262 g/mol. The van der Waals surface area contributed by atoms with Crippen LogP contribution in [-0.2, 0) is 9.53 Å². The zero-order valence-corrected chi connectivity index (χ0v) is 10.9. The molecule has 1 aromatic heterocycles. The Kier molecular flexibility index (Phi) is 3.48. The smallest absolute Gasteiger partial charge is 0.252 e. The Morgan fingerprint density at radius 2 is 2.37 bits per heavy atom. The molecule has 1 aromatic rings. The number of nitrogens with zero attached hydrogens (tertiary/aromatic N) is 4. The fraction of sp³-hybridized carbons (Fsp3) is 0.615. The van der Waals surface area contributed by atoms with E-state index in [1.807, 2.05) is 9.58 Å². The number of ether oxygens (including phenoxy) is 1. The van der Waals surface area contributed by atoms with Gasteiger partial charge in [-0.2, -0.15) is 5.10 Å². The van der Waals surface area contributed by atoms with Gasteiger partial charge >= 0.3 is 0 Å². The summed E-state index contributed by atoms with van der Waals surface area (Å²) in [6.07, 6.45) is 8.69. The molecular weight excluding hydrogens is 244 g/mol. The van der Waals surface area contributed by atoms with Crippen molar-refractivity contribution in [1.29, 1.82) is 0 Å². The molecule has 3 rings (SSSR count). The molecule has 1 unspecified atom stereocenters. The van der Waals surface area contributed by atoms with Crippen LogP contribution in [0.2, 0.25) is 0 Å². The highest BCUT2D eigenvalue weighted by Gasteiger charge is 2.27. The molecule has 0 aromatic carbocycles. The molecule has 1 amide bonds. The van der Waals surface area contributed by atoms with Crippen LogP contribution in [0.3, 0.4) is 0 Å². The maximum Gasteiger partial charge on any atom is 0.252 e. The molecule has 1 atom stereocenters. The maximum atomic E-state index is 12.4. The number of rotatable bonds is 2. The molecule has 0 aliphatic carbocycles. The second kappa shape index (κ2) is 5.42. The lowest BCUT2D eigenvalue weighted by molar-refractivity contribution is -0.129. The van der Waals surface area contributed by atoms with Crippen LogP contribution in [-0.4, -0.2) is 45.3 Å². The van der Waals surface area contributed by atoms with E-state index in [9.17, 15) is 4.79 Å². The molecule has 1 saturated heterocycles. The third kappa shape index (κ3) is 2.62. The van der Waals surface area contributed by atoms with Gasteiger partial charge in [0.25, 0.3) is 5.91 Å². The molecular formula is C13H18N4O2. The summed E-state index contributed by atoms with van der Waals surface area (Å²) in [6.45, 7) is 2.25. The fourth-order valence-corrected chi connectivity index (χ4v) is 2.69. The average Bonchev–Trinajstić information content (AvgIpc) is 3.02. The Balaban J connectivity index is 1.68. The van der Waals surface area contributed by atoms with Crippen molar-refractivity contribution < 1.29 is 9.53 Å². The van der Waals surface area contributed by atoms with Gasteiger partial charge in [0.15, 0.2) is 0 Å². The van der Waals surface area contributed by atoms with Crippen molar-refractivity contribution in [3.8, 4) is 0 Å². The molecule has 6 heteroatoms. The molecule has 0 N–H and O–H groups in total. The van der Waals surface area contributed by atoms with Crippen LogP contribution in [0.1, 0.15) is 31.7 Å². The molecule has 0 spiro atoms. The van der Waals surface area contributed by atoms with E-state index in [0.29, 0.717) is 6.54 Å². The van der Waals surface area contributed by atoms with E-state index in [-0.39, 0.29) is 11.9 Å². The van der Waals surface area contributed by atoms with Crippen molar-refractivity contribution in [1.82, 2.24) is 19.7 Å². The molecule has 3 heterocycles. The minimum atomic E-state index is 0.115. The van der Waals surface area contributed by atoms with E-state index in [2.05, 4.69) is 10.1 Å². The van der Waals surface area contributed by atoms with Crippen LogP contribution in [0, 0.1) is 0 Å². The van der Waals surface area contributed by atoms with Gasteiger partial charge in [-0.05, 0) is 25.7 Å². The Morgan fingerprint density at radius 3 is 3.11 bits per heavy atom. The summed E-state index contributed by atoms with van der Waals surface area (Å²) in [5.74, 6) is 0.115. The number of carbonyl (C=O) groups excluding carboxylic acids is 1. The first-order chi connectivity index (χ1) is 9.34. The predicted molar refractivity (Wildman–Crippen MR) is 68.1 cm³/mol. The van der Waals surface area contributed by atoms with Gasteiger partial charge in [0, 0.05) is 13.1 Å². The van der Waals surface area contributed by atoms with Crippen molar-refractivity contribution in [3.63, 3.8) is 0 Å². The van der Waals surface area contributed by atoms with Crippen LogP contribution in [0.5, 0.6) is 0 Å². The Labute approximate surface area is 112 Å². The number of aromatic nitrogens is 3. The molecule has 0 saturated carbocycles. The highest BCUT2D eigenvalue weighted by atomic mass is 16.5. The van der Waals surface area contributed by atoms with Gasteiger partial charge in [0.05, 0.1) is 24.5 Å². The number of likely N-dealkylation sites (tertiary alicyclic amines) is 1. The second-order valence-electron chi connectivity index (χ2n) is 5.04. The zero-order chi connectivity index (χ0) is 13.1. The summed E-state index contributed by atoms with van der Waals surface area (Å²) in [7, 11) is 0. The normalized spacial score (nSPS) is 23.7. The first-order valence-electron chi connectivity index (χ1n) is 6.78. The summed E-state index contributed by atoms with van der Waals surface area (Å²) >= 11 is 0. The summed E-state index contributed by atoms with van der Waals surface area (Å²) in [5.41, 5.74) is 0.797. The first-order valence-corrected chi connectivity index (χ1v) is 6.78. The zero-order valence-electron chi connectivity index (χ0n) is 10.9. The standard InChI is InChI=1S/C13H18N4O2/c18-13(11-3-2-6-19-8-11)16-5-1-4-12(7-16)17-10-14-9-15-17/h8-10,12H,1-7H2. The lowest BCUT2D eigenvalue weighted by Gasteiger charge is -2.33. The lowest BCUT2D eigenvalue weighted by Crippen LogP contribution is -2.41. The number of hydrogen-bond donors (Lipinski definition) is 0. The SMILES string of the molecule is O=C(C1=COCCC1)N1CCCC(n2cncn2)C1. The quantitative estimate of drug-likeness (QED) is 0.801. The van der Waals surface area contributed by atoms with Crippen molar-refractivity contribution in [2.24, 2.45) is 0 Å². The van der Waals surface area contributed by atoms with E-state index in [0.717, 1.165) is 44.4 Å². The number of amides is 1. The van der Waals surface area contributed by atoms with Gasteiger partial charge < -0.3 is 9.64 Å². The van der Waals surface area contributed by atoms with Crippen molar-refractivity contribution in [2.75, 3.05) is 19.7 Å². The van der Waals surface area contributed by atoms with Crippen LogP contribution in [0.4, 0.5) is 0 Å². The van der Waals surface area contributed by atoms with Crippen LogP contribution >= 0.6 is 0 Å². The molecule has 6 nitrogen and oxygen atoms in total. The average molecular weight is 262 g/mol. The van der Waals surface area contributed by atoms with Crippen molar-refractivity contribution in [3.05, 3.63) is 24.5 Å². The topological polar surface area (TPSA) is 60.2 Å². The molecule has 0 bridgehead atoms. The third-order valence-electron chi connectivity index (χ3n) is 3.70. The van der Waals surface area contributed by atoms with Crippen molar-refractivity contribution in [2.45, 2.75) is 31.7 Å². The Bertz CT molecular complexity index is 469. The summed E-state index contributed by atoms with van der Waals surface area (Å²) in [6, 6.07) is 0.241. The van der Waals surface area contributed by atoms with Gasteiger partial charge in [0.1, 0.15) is 12.7 Å². The van der Waals surface area contributed by atoms with E-state index in [4.69, 9.17) is 4.74 Å². The predicted octanol–water partition coefficient (Wildman–Crippen LogP) is 1.14. The van der Waals surface area contributed by atoms with Gasteiger partial charge in [-0.3, -0.25) is 4.79 Å². The molecule has 1 fully saturated rings. The summed E-state index contributed by atoms with van der Waals surface area (Å²) in [4.78, 5) is 18.3. The largest absolute Gasteiger partial charge is 0.501 e.